The van der Waals surface area contributed by atoms with Gasteiger partial charge in [0, 0.05) is 37.5 Å². The van der Waals surface area contributed by atoms with Crippen LogP contribution in [0, 0.1) is 5.41 Å². The molecule has 4 rings (SSSR count). The third kappa shape index (κ3) is 4.54. The summed E-state index contributed by atoms with van der Waals surface area (Å²) < 4.78 is 0. The van der Waals surface area contributed by atoms with Crippen molar-refractivity contribution in [2.75, 3.05) is 26.2 Å². The zero-order valence-corrected chi connectivity index (χ0v) is 19.2. The quantitative estimate of drug-likeness (QED) is 0.289. The number of hydrogen-bond acceptors (Lipinski definition) is 3. The first-order valence-electron chi connectivity index (χ1n) is 10.3. The molecule has 0 atom stereocenters. The second kappa shape index (κ2) is 9.22. The van der Waals surface area contributed by atoms with Gasteiger partial charge in [-0.3, -0.25) is 4.99 Å². The van der Waals surface area contributed by atoms with Crippen molar-refractivity contribution in [1.29, 1.82) is 0 Å². The van der Waals surface area contributed by atoms with Gasteiger partial charge in [0.15, 0.2) is 5.96 Å². The topological polar surface area (TPSA) is 40.5 Å². The summed E-state index contributed by atoms with van der Waals surface area (Å²) in [4.78, 5) is 13.8. The predicted octanol–water partition coefficient (Wildman–Crippen LogP) is 4.41. The molecule has 4 nitrogen and oxygen atoms in total. The van der Waals surface area contributed by atoms with E-state index in [0.717, 1.165) is 31.9 Å². The summed E-state index contributed by atoms with van der Waals surface area (Å²) in [5.41, 5.74) is 2.03. The number of likely N-dealkylation sites (tertiary alicyclic amines) is 1. The molecule has 1 aromatic heterocycles. The molecule has 0 amide bonds. The second-order valence-electron chi connectivity index (χ2n) is 8.05. The van der Waals surface area contributed by atoms with Gasteiger partial charge in [0.1, 0.15) is 0 Å². The maximum Gasteiger partial charge on any atom is 0.193 e. The highest BCUT2D eigenvalue weighted by atomic mass is 127. The molecule has 0 unspecified atom stereocenters. The van der Waals surface area contributed by atoms with Gasteiger partial charge < -0.3 is 10.2 Å². The van der Waals surface area contributed by atoms with Gasteiger partial charge in [0.05, 0.1) is 10.7 Å². The number of fused-ring (bicyclic) bond motifs is 1. The van der Waals surface area contributed by atoms with Crippen LogP contribution in [0.3, 0.4) is 0 Å². The van der Waals surface area contributed by atoms with Crippen molar-refractivity contribution in [2.24, 2.45) is 10.4 Å². The molecule has 6 heteroatoms. The summed E-state index contributed by atoms with van der Waals surface area (Å²) in [6.07, 6.45) is 13.0. The molecule has 2 aliphatic carbocycles. The lowest BCUT2D eigenvalue weighted by atomic mass is 9.68. The molecule has 146 valence electrons. The summed E-state index contributed by atoms with van der Waals surface area (Å²) in [7, 11) is 0. The highest BCUT2D eigenvalue weighted by molar-refractivity contribution is 14.0. The number of rotatable bonds is 5. The normalized spacial score (nSPS) is 21.3. The van der Waals surface area contributed by atoms with Crippen LogP contribution in [0.5, 0.6) is 0 Å². The first-order chi connectivity index (χ1) is 12.3. The van der Waals surface area contributed by atoms with Crippen molar-refractivity contribution < 1.29 is 0 Å². The Morgan fingerprint density at radius 2 is 2.08 bits per heavy atom. The zero-order valence-electron chi connectivity index (χ0n) is 16.1. The minimum Gasteiger partial charge on any atom is -0.357 e. The van der Waals surface area contributed by atoms with Crippen LogP contribution in [0.2, 0.25) is 0 Å². The van der Waals surface area contributed by atoms with Gasteiger partial charge in [-0.25, -0.2) is 4.98 Å². The molecule has 0 aromatic carbocycles. The number of aromatic nitrogens is 1. The lowest BCUT2D eigenvalue weighted by Gasteiger charge is -2.38. The first kappa shape index (κ1) is 20.4. The largest absolute Gasteiger partial charge is 0.357 e. The third-order valence-corrected chi connectivity index (χ3v) is 7.40. The molecule has 26 heavy (non-hydrogen) atoms. The Morgan fingerprint density at radius 3 is 2.77 bits per heavy atom. The number of aliphatic imine (C=N–C) groups is 1. The Labute approximate surface area is 179 Å². The van der Waals surface area contributed by atoms with Gasteiger partial charge in [-0.2, -0.15) is 0 Å². The number of hydrogen-bond donors (Lipinski definition) is 1. The number of nitrogens with one attached hydrogen (secondary N) is 1. The molecule has 1 aliphatic heterocycles. The number of halogens is 1. The fraction of sp³-hybridized carbons (Fsp3) is 0.800. The molecule has 1 saturated carbocycles. The minimum absolute atomic E-state index is 0. The predicted molar refractivity (Wildman–Crippen MR) is 121 cm³/mol. The van der Waals surface area contributed by atoms with Crippen molar-refractivity contribution >= 4 is 41.3 Å². The van der Waals surface area contributed by atoms with E-state index in [9.17, 15) is 0 Å². The monoisotopic (exact) mass is 488 g/mol. The molecule has 0 radical (unpaired) electrons. The van der Waals surface area contributed by atoms with E-state index in [1.807, 2.05) is 11.3 Å². The maximum atomic E-state index is 4.92. The van der Waals surface area contributed by atoms with Crippen molar-refractivity contribution in [3.05, 3.63) is 15.6 Å². The number of nitrogens with zero attached hydrogens (tertiary/aromatic N) is 3. The van der Waals surface area contributed by atoms with E-state index >= 15 is 0 Å². The molecule has 1 spiro atoms. The van der Waals surface area contributed by atoms with E-state index in [4.69, 9.17) is 9.98 Å². The second-order valence-corrected chi connectivity index (χ2v) is 9.22. The van der Waals surface area contributed by atoms with Gasteiger partial charge in [0.2, 0.25) is 0 Å². The van der Waals surface area contributed by atoms with Gasteiger partial charge in [-0.15, -0.1) is 35.3 Å². The molecular weight excluding hydrogens is 455 g/mol. The standard InChI is InChI=1S/C20H32N4S.HI/c1-2-21-19(24-14-12-20(15-24)10-6-11-20)22-13-5-9-18-23-16-7-3-4-8-17(16)25-18;/h2-15H2,1H3,(H,21,22);1H. The zero-order chi connectivity index (χ0) is 17.1. The Kier molecular flexibility index (Phi) is 7.22. The Hall–Kier alpha value is -0.370. The highest BCUT2D eigenvalue weighted by Gasteiger charge is 2.43. The van der Waals surface area contributed by atoms with Crippen LogP contribution in [0.1, 0.15) is 67.4 Å². The van der Waals surface area contributed by atoms with Crippen molar-refractivity contribution in [3.8, 4) is 0 Å². The summed E-state index contributed by atoms with van der Waals surface area (Å²) in [5, 5.41) is 4.85. The van der Waals surface area contributed by atoms with Crippen molar-refractivity contribution in [2.45, 2.75) is 71.1 Å². The van der Waals surface area contributed by atoms with E-state index in [-0.39, 0.29) is 24.0 Å². The van der Waals surface area contributed by atoms with Crippen LogP contribution >= 0.6 is 35.3 Å². The average molecular weight is 488 g/mol. The molecular formula is C20H33IN4S. The smallest absolute Gasteiger partial charge is 0.193 e. The minimum atomic E-state index is 0. The summed E-state index contributed by atoms with van der Waals surface area (Å²) in [6, 6.07) is 0. The first-order valence-corrected chi connectivity index (χ1v) is 11.1. The van der Waals surface area contributed by atoms with Crippen molar-refractivity contribution in [3.63, 3.8) is 0 Å². The van der Waals surface area contributed by atoms with Crippen LogP contribution in [0.25, 0.3) is 0 Å². The van der Waals surface area contributed by atoms with Crippen LogP contribution in [0.15, 0.2) is 4.99 Å². The average Bonchev–Trinajstić information content (AvgIpc) is 3.21. The van der Waals surface area contributed by atoms with Gasteiger partial charge in [-0.05, 0) is 63.7 Å². The van der Waals surface area contributed by atoms with Crippen molar-refractivity contribution in [1.82, 2.24) is 15.2 Å². The van der Waals surface area contributed by atoms with Gasteiger partial charge >= 0.3 is 0 Å². The van der Waals surface area contributed by atoms with E-state index < -0.39 is 0 Å². The molecule has 3 aliphatic rings. The van der Waals surface area contributed by atoms with Crippen LogP contribution in [0.4, 0.5) is 0 Å². The SMILES string of the molecule is CCNC(=NCCCc1nc2c(s1)CCCC2)N1CCC2(CCC2)C1.I. The van der Waals surface area contributed by atoms with E-state index in [1.165, 1.54) is 75.2 Å². The summed E-state index contributed by atoms with van der Waals surface area (Å²) in [5.74, 6) is 1.14. The Morgan fingerprint density at radius 1 is 1.23 bits per heavy atom. The molecule has 1 N–H and O–H groups in total. The lowest BCUT2D eigenvalue weighted by Crippen LogP contribution is -2.42. The van der Waals surface area contributed by atoms with Gasteiger partial charge in [-0.1, -0.05) is 6.42 Å². The molecule has 1 saturated heterocycles. The lowest BCUT2D eigenvalue weighted by molar-refractivity contribution is 0.151. The summed E-state index contributed by atoms with van der Waals surface area (Å²) >= 11 is 1.95. The fourth-order valence-electron chi connectivity index (χ4n) is 4.55. The van der Waals surface area contributed by atoms with E-state index in [1.54, 1.807) is 4.88 Å². The molecule has 2 heterocycles. The highest BCUT2D eigenvalue weighted by Crippen LogP contribution is 2.47. The number of guanidine groups is 1. The van der Waals surface area contributed by atoms with E-state index in [0.29, 0.717) is 5.41 Å². The van der Waals surface area contributed by atoms with Crippen LogP contribution in [-0.2, 0) is 19.3 Å². The van der Waals surface area contributed by atoms with Crippen LogP contribution < -0.4 is 5.32 Å². The summed E-state index contributed by atoms with van der Waals surface area (Å²) in [6.45, 7) is 6.45. The molecule has 2 fully saturated rings. The molecule has 0 bridgehead atoms. The maximum absolute atomic E-state index is 4.92. The number of thiazole rings is 1. The molecule has 1 aromatic rings. The Bertz CT molecular complexity index is 600. The fourth-order valence-corrected chi connectivity index (χ4v) is 5.75. The Balaban J connectivity index is 0.00000196. The third-order valence-electron chi connectivity index (χ3n) is 6.19. The van der Waals surface area contributed by atoms with E-state index in [2.05, 4.69) is 17.1 Å². The van der Waals surface area contributed by atoms with Crippen LogP contribution in [-0.4, -0.2) is 42.0 Å². The van der Waals surface area contributed by atoms with Gasteiger partial charge in [0.25, 0.3) is 0 Å². The number of aryl methyl sites for hydroxylation is 3.